The number of aliphatic hydroxyl groups excluding tert-OH is 1. The van der Waals surface area contributed by atoms with Gasteiger partial charge in [0.25, 0.3) is 0 Å². The molecular formula is C14H18N2O5. The SMILES string of the molecule is O=C(NCCOc1ccc2c(c1)OCO2)[C@@H]1C[C@@H](O)CN1. The molecule has 2 atom stereocenters. The van der Waals surface area contributed by atoms with E-state index in [1.807, 2.05) is 0 Å². The highest BCUT2D eigenvalue weighted by Crippen LogP contribution is 2.34. The number of ether oxygens (including phenoxy) is 3. The third-order valence-corrected chi connectivity index (χ3v) is 3.44. The summed E-state index contributed by atoms with van der Waals surface area (Å²) in [5, 5.41) is 15.1. The number of β-amino-alcohol motifs (C(OH)–C–C–N with tert-alkyl or cyclic N) is 1. The molecule has 7 nitrogen and oxygen atoms in total. The van der Waals surface area contributed by atoms with Gasteiger partial charge in [-0.05, 0) is 18.6 Å². The van der Waals surface area contributed by atoms with Gasteiger partial charge >= 0.3 is 0 Å². The fraction of sp³-hybridized carbons (Fsp3) is 0.500. The van der Waals surface area contributed by atoms with E-state index >= 15 is 0 Å². The molecule has 0 aromatic heterocycles. The van der Waals surface area contributed by atoms with Crippen LogP contribution >= 0.6 is 0 Å². The number of hydrogen-bond donors (Lipinski definition) is 3. The van der Waals surface area contributed by atoms with Crippen molar-refractivity contribution in [1.82, 2.24) is 10.6 Å². The molecule has 2 heterocycles. The average molecular weight is 294 g/mol. The van der Waals surface area contributed by atoms with Crippen LogP contribution in [0.2, 0.25) is 0 Å². The summed E-state index contributed by atoms with van der Waals surface area (Å²) in [4.78, 5) is 11.8. The second-order valence-corrected chi connectivity index (χ2v) is 5.00. The van der Waals surface area contributed by atoms with Crippen LogP contribution in [-0.2, 0) is 4.79 Å². The minimum absolute atomic E-state index is 0.110. The lowest BCUT2D eigenvalue weighted by Gasteiger charge is -2.11. The highest BCUT2D eigenvalue weighted by Gasteiger charge is 2.27. The summed E-state index contributed by atoms with van der Waals surface area (Å²) in [7, 11) is 0. The molecule has 0 bridgehead atoms. The maximum absolute atomic E-state index is 11.8. The van der Waals surface area contributed by atoms with E-state index in [1.54, 1.807) is 18.2 Å². The summed E-state index contributed by atoms with van der Waals surface area (Å²) in [5.74, 6) is 1.94. The van der Waals surface area contributed by atoms with E-state index < -0.39 is 6.10 Å². The van der Waals surface area contributed by atoms with Crippen LogP contribution in [0.25, 0.3) is 0 Å². The molecule has 0 radical (unpaired) electrons. The van der Waals surface area contributed by atoms with Gasteiger partial charge in [0.2, 0.25) is 12.7 Å². The van der Waals surface area contributed by atoms with Crippen molar-refractivity contribution >= 4 is 5.91 Å². The zero-order valence-electron chi connectivity index (χ0n) is 11.5. The summed E-state index contributed by atoms with van der Waals surface area (Å²) < 4.78 is 16.0. The van der Waals surface area contributed by atoms with Gasteiger partial charge in [-0.15, -0.1) is 0 Å². The van der Waals surface area contributed by atoms with Crippen molar-refractivity contribution in [3.05, 3.63) is 18.2 Å². The van der Waals surface area contributed by atoms with Gasteiger partial charge in [0.05, 0.1) is 18.7 Å². The van der Waals surface area contributed by atoms with Crippen LogP contribution < -0.4 is 24.8 Å². The first kappa shape index (κ1) is 14.0. The molecule has 1 fully saturated rings. The van der Waals surface area contributed by atoms with Crippen molar-refractivity contribution in [2.75, 3.05) is 26.5 Å². The zero-order valence-corrected chi connectivity index (χ0v) is 11.5. The summed E-state index contributed by atoms with van der Waals surface area (Å²) in [5.41, 5.74) is 0. The molecule has 1 aromatic carbocycles. The predicted molar refractivity (Wildman–Crippen MR) is 73.5 cm³/mol. The minimum atomic E-state index is -0.439. The molecule has 0 unspecified atom stereocenters. The maximum Gasteiger partial charge on any atom is 0.237 e. The fourth-order valence-electron chi connectivity index (χ4n) is 2.35. The van der Waals surface area contributed by atoms with Gasteiger partial charge in [0.1, 0.15) is 12.4 Å². The summed E-state index contributed by atoms with van der Waals surface area (Å²) in [6.45, 7) is 1.46. The average Bonchev–Trinajstić information content (AvgIpc) is 3.11. The monoisotopic (exact) mass is 294 g/mol. The van der Waals surface area contributed by atoms with Gasteiger partial charge in [-0.3, -0.25) is 4.79 Å². The molecular weight excluding hydrogens is 276 g/mol. The number of nitrogens with one attached hydrogen (secondary N) is 2. The first-order chi connectivity index (χ1) is 10.2. The predicted octanol–water partition coefficient (Wildman–Crippen LogP) is -0.367. The Kier molecular flexibility index (Phi) is 4.12. The van der Waals surface area contributed by atoms with Crippen LogP contribution in [-0.4, -0.2) is 49.6 Å². The third-order valence-electron chi connectivity index (χ3n) is 3.44. The van der Waals surface area contributed by atoms with Crippen LogP contribution in [0.5, 0.6) is 17.2 Å². The van der Waals surface area contributed by atoms with Crippen LogP contribution in [0.1, 0.15) is 6.42 Å². The van der Waals surface area contributed by atoms with Crippen LogP contribution in [0.15, 0.2) is 18.2 Å². The minimum Gasteiger partial charge on any atom is -0.492 e. The Labute approximate surface area is 122 Å². The van der Waals surface area contributed by atoms with Crippen molar-refractivity contribution in [2.45, 2.75) is 18.6 Å². The summed E-state index contributed by atoms with van der Waals surface area (Å²) in [6.07, 6.45) is 0.0140. The lowest BCUT2D eigenvalue weighted by molar-refractivity contribution is -0.123. The zero-order chi connectivity index (χ0) is 14.7. The summed E-state index contributed by atoms with van der Waals surface area (Å²) in [6, 6.07) is 5.04. The standard InChI is InChI=1S/C14H18N2O5/c17-9-5-11(16-7-9)14(18)15-3-4-19-10-1-2-12-13(6-10)21-8-20-12/h1-2,6,9,11,16-17H,3-5,7-8H2,(H,15,18)/t9-,11+/m1/s1. The van der Waals surface area contributed by atoms with Crippen LogP contribution in [0.3, 0.4) is 0 Å². The topological polar surface area (TPSA) is 89.1 Å². The molecule has 2 aliphatic rings. The number of carbonyl (C=O) groups excluding carboxylic acids is 1. The Hall–Kier alpha value is -1.99. The second kappa shape index (κ2) is 6.19. The highest BCUT2D eigenvalue weighted by atomic mass is 16.7. The van der Waals surface area contributed by atoms with Gasteiger partial charge in [-0.25, -0.2) is 0 Å². The summed E-state index contributed by atoms with van der Waals surface area (Å²) >= 11 is 0. The fourth-order valence-corrected chi connectivity index (χ4v) is 2.35. The van der Waals surface area contributed by atoms with Gasteiger partial charge in [0.15, 0.2) is 11.5 Å². The molecule has 1 aromatic rings. The molecule has 0 saturated carbocycles. The number of fused-ring (bicyclic) bond motifs is 1. The maximum atomic E-state index is 11.8. The molecule has 3 rings (SSSR count). The number of hydrogen-bond acceptors (Lipinski definition) is 6. The number of benzene rings is 1. The van der Waals surface area contributed by atoms with E-state index in [0.29, 0.717) is 43.4 Å². The van der Waals surface area contributed by atoms with E-state index in [2.05, 4.69) is 10.6 Å². The molecule has 1 amide bonds. The number of rotatable bonds is 5. The Balaban J connectivity index is 1.39. The van der Waals surface area contributed by atoms with E-state index in [0.717, 1.165) is 0 Å². The smallest absolute Gasteiger partial charge is 0.237 e. The number of amides is 1. The van der Waals surface area contributed by atoms with E-state index in [1.165, 1.54) is 0 Å². The lowest BCUT2D eigenvalue weighted by atomic mass is 10.2. The van der Waals surface area contributed by atoms with Crippen molar-refractivity contribution in [1.29, 1.82) is 0 Å². The molecule has 2 aliphatic heterocycles. The normalized spacial score (nSPS) is 23.1. The van der Waals surface area contributed by atoms with Gasteiger partial charge < -0.3 is 30.0 Å². The molecule has 0 spiro atoms. The first-order valence-corrected chi connectivity index (χ1v) is 6.94. The van der Waals surface area contributed by atoms with Crippen LogP contribution in [0, 0.1) is 0 Å². The largest absolute Gasteiger partial charge is 0.492 e. The molecule has 3 N–H and O–H groups in total. The van der Waals surface area contributed by atoms with E-state index in [9.17, 15) is 9.90 Å². The van der Waals surface area contributed by atoms with Gasteiger partial charge in [-0.2, -0.15) is 0 Å². The molecule has 21 heavy (non-hydrogen) atoms. The third kappa shape index (κ3) is 3.37. The Morgan fingerprint density at radius 3 is 3.10 bits per heavy atom. The number of aliphatic hydroxyl groups is 1. The number of carbonyl (C=O) groups is 1. The molecule has 0 aliphatic carbocycles. The Bertz CT molecular complexity index is 522. The van der Waals surface area contributed by atoms with Crippen molar-refractivity contribution in [3.8, 4) is 17.2 Å². The van der Waals surface area contributed by atoms with Crippen molar-refractivity contribution < 1.29 is 24.1 Å². The Morgan fingerprint density at radius 2 is 2.29 bits per heavy atom. The quantitative estimate of drug-likeness (QED) is 0.642. The van der Waals surface area contributed by atoms with Crippen LogP contribution in [0.4, 0.5) is 0 Å². The van der Waals surface area contributed by atoms with Gasteiger partial charge in [0, 0.05) is 12.6 Å². The van der Waals surface area contributed by atoms with E-state index in [4.69, 9.17) is 14.2 Å². The highest BCUT2D eigenvalue weighted by molar-refractivity contribution is 5.82. The molecule has 7 heteroatoms. The lowest BCUT2D eigenvalue weighted by Crippen LogP contribution is -2.41. The molecule has 1 saturated heterocycles. The van der Waals surface area contributed by atoms with Gasteiger partial charge in [-0.1, -0.05) is 0 Å². The van der Waals surface area contributed by atoms with Crippen molar-refractivity contribution in [3.63, 3.8) is 0 Å². The second-order valence-electron chi connectivity index (χ2n) is 5.00. The Morgan fingerprint density at radius 1 is 1.43 bits per heavy atom. The first-order valence-electron chi connectivity index (χ1n) is 6.94. The molecule has 114 valence electrons. The van der Waals surface area contributed by atoms with E-state index in [-0.39, 0.29) is 18.7 Å². The van der Waals surface area contributed by atoms with Crippen molar-refractivity contribution in [2.24, 2.45) is 0 Å².